The van der Waals surface area contributed by atoms with Gasteiger partial charge in [0.1, 0.15) is 0 Å². The summed E-state index contributed by atoms with van der Waals surface area (Å²) in [6.07, 6.45) is 8.37. The Morgan fingerprint density at radius 3 is 2.78 bits per heavy atom. The van der Waals surface area contributed by atoms with E-state index in [4.69, 9.17) is 9.40 Å². The molecule has 1 fully saturated rings. The molecule has 1 N–H and O–H groups in total. The molecule has 226 valence electrons. The third-order valence-electron chi connectivity index (χ3n) is 9.03. The molecule has 0 unspecified atom stereocenters. The lowest BCUT2D eigenvalue weighted by atomic mass is 9.93. The van der Waals surface area contributed by atoms with Crippen LogP contribution in [0.5, 0.6) is 0 Å². The monoisotopic (exact) mass is 617 g/mol. The number of aromatic nitrogens is 5. The molecule has 0 saturated carbocycles. The highest BCUT2D eigenvalue weighted by molar-refractivity contribution is 7.17. The summed E-state index contributed by atoms with van der Waals surface area (Å²) in [5.41, 5.74) is 7.69. The number of hydrogen-bond acceptors (Lipinski definition) is 9. The second kappa shape index (κ2) is 11.0. The van der Waals surface area contributed by atoms with Crippen LogP contribution in [0, 0.1) is 13.8 Å². The maximum Gasteiger partial charge on any atom is 0.261 e. The van der Waals surface area contributed by atoms with Crippen LogP contribution in [-0.4, -0.2) is 48.4 Å². The lowest BCUT2D eigenvalue weighted by Crippen LogP contribution is -2.26. The number of fused-ring (bicyclic) bond motifs is 4. The number of amides is 2. The highest BCUT2D eigenvalue weighted by Gasteiger charge is 2.45. The van der Waals surface area contributed by atoms with Gasteiger partial charge in [0.2, 0.25) is 11.8 Å². The number of nitrogens with one attached hydrogen (secondary N) is 1. The van der Waals surface area contributed by atoms with Crippen molar-refractivity contribution >= 4 is 23.2 Å². The van der Waals surface area contributed by atoms with Gasteiger partial charge in [0.15, 0.2) is 0 Å². The van der Waals surface area contributed by atoms with Crippen molar-refractivity contribution in [3.63, 3.8) is 0 Å². The van der Waals surface area contributed by atoms with Crippen LogP contribution in [0.2, 0.25) is 0 Å². The number of thiophene rings is 1. The highest BCUT2D eigenvalue weighted by atomic mass is 32.1. The van der Waals surface area contributed by atoms with E-state index in [2.05, 4.69) is 31.5 Å². The molecule has 10 nitrogen and oxygen atoms in total. The van der Waals surface area contributed by atoms with Crippen LogP contribution in [0.25, 0.3) is 21.9 Å². The van der Waals surface area contributed by atoms with Gasteiger partial charge in [-0.25, -0.2) is 0 Å². The van der Waals surface area contributed by atoms with E-state index in [1.165, 1.54) is 11.3 Å². The fourth-order valence-corrected chi connectivity index (χ4v) is 7.85. The Labute approximate surface area is 264 Å². The summed E-state index contributed by atoms with van der Waals surface area (Å²) < 4.78 is 6.02. The highest BCUT2D eigenvalue weighted by Crippen LogP contribution is 2.49. The molecule has 5 aromatic heterocycles. The van der Waals surface area contributed by atoms with E-state index in [1.54, 1.807) is 13.1 Å². The lowest BCUT2D eigenvalue weighted by molar-refractivity contribution is 0.0776. The van der Waals surface area contributed by atoms with E-state index in [9.17, 15) is 9.59 Å². The summed E-state index contributed by atoms with van der Waals surface area (Å²) in [6, 6.07) is 11.7. The molecule has 3 aliphatic rings. The van der Waals surface area contributed by atoms with E-state index in [0.29, 0.717) is 47.2 Å². The molecule has 0 radical (unpaired) electrons. The van der Waals surface area contributed by atoms with Crippen molar-refractivity contribution in [3.8, 4) is 21.9 Å². The zero-order valence-electron chi connectivity index (χ0n) is 25.0. The molecule has 1 aliphatic carbocycles. The van der Waals surface area contributed by atoms with Crippen LogP contribution >= 0.6 is 11.3 Å². The molecule has 7 heterocycles. The summed E-state index contributed by atoms with van der Waals surface area (Å²) in [6.45, 7) is 4.47. The second-order valence-electron chi connectivity index (χ2n) is 11.9. The van der Waals surface area contributed by atoms with Crippen LogP contribution < -0.4 is 5.32 Å². The molecule has 45 heavy (non-hydrogen) atoms. The first-order chi connectivity index (χ1) is 21.9. The van der Waals surface area contributed by atoms with E-state index in [-0.39, 0.29) is 23.9 Å². The number of hydrogen-bond donors (Lipinski definition) is 1. The standard InChI is InChI=1S/C34H31N7O3S/c1-18-7-8-20(36-17-18)9-10-24-28(33-40-39-19(2)44-33)29(30-31(37-24)25-6-4-16-41(25)34(30)43)26-13-14-27(45-26)32(42)38-23-12-11-22-21(23)5-3-15-35-22/h3,5,7-8,13-15,17,23,25H,4,6,9-12,16H2,1-2H3,(H,38,42)/t23-,25-/m1/s1. The second-order valence-corrected chi connectivity index (χ2v) is 13.0. The fourth-order valence-electron chi connectivity index (χ4n) is 6.88. The summed E-state index contributed by atoms with van der Waals surface area (Å²) in [5, 5.41) is 11.7. The van der Waals surface area contributed by atoms with Gasteiger partial charge in [0.25, 0.3) is 11.8 Å². The molecule has 2 aliphatic heterocycles. The Bertz CT molecular complexity index is 1960. The van der Waals surface area contributed by atoms with Crippen LogP contribution in [0.1, 0.15) is 91.2 Å². The number of pyridine rings is 3. The number of carbonyl (C=O) groups is 2. The zero-order chi connectivity index (χ0) is 30.7. The molecule has 0 bridgehead atoms. The Morgan fingerprint density at radius 2 is 1.96 bits per heavy atom. The molecule has 5 aromatic rings. The summed E-state index contributed by atoms with van der Waals surface area (Å²) in [7, 11) is 0. The lowest BCUT2D eigenvalue weighted by Gasteiger charge is -2.16. The SMILES string of the molecule is Cc1ccc(CCc2nc3c(c(-c4ccc(C(=O)N[C@@H]5CCc6ncccc65)s4)c2-c2nnc(C)o2)C(=O)N2CCC[C@H]32)nc1. The van der Waals surface area contributed by atoms with Crippen molar-refractivity contribution in [2.75, 3.05) is 6.54 Å². The van der Waals surface area contributed by atoms with E-state index >= 15 is 0 Å². The molecule has 11 heteroatoms. The van der Waals surface area contributed by atoms with Crippen molar-refractivity contribution in [3.05, 3.63) is 99.0 Å². The Morgan fingerprint density at radius 1 is 1.04 bits per heavy atom. The maximum absolute atomic E-state index is 14.0. The largest absolute Gasteiger partial charge is 0.421 e. The van der Waals surface area contributed by atoms with Gasteiger partial charge in [-0.3, -0.25) is 24.5 Å². The van der Waals surface area contributed by atoms with Crippen molar-refractivity contribution in [1.29, 1.82) is 0 Å². The minimum atomic E-state index is -0.147. The van der Waals surface area contributed by atoms with Gasteiger partial charge in [-0.2, -0.15) is 0 Å². The molecular weight excluding hydrogens is 586 g/mol. The van der Waals surface area contributed by atoms with Crippen LogP contribution in [0.4, 0.5) is 0 Å². The van der Waals surface area contributed by atoms with E-state index in [0.717, 1.165) is 70.0 Å². The van der Waals surface area contributed by atoms with Crippen LogP contribution in [0.3, 0.4) is 0 Å². The number of nitrogens with zero attached hydrogens (tertiary/aromatic N) is 6. The molecule has 2 amide bonds. The minimum Gasteiger partial charge on any atom is -0.421 e. The van der Waals surface area contributed by atoms with Crippen molar-refractivity contribution in [1.82, 2.24) is 35.4 Å². The van der Waals surface area contributed by atoms with Gasteiger partial charge in [0.05, 0.1) is 39.5 Å². The number of aryl methyl sites for hydroxylation is 5. The van der Waals surface area contributed by atoms with Crippen molar-refractivity contribution < 1.29 is 14.0 Å². The molecule has 0 spiro atoms. The first-order valence-corrected chi connectivity index (χ1v) is 16.2. The molecule has 0 aromatic carbocycles. The summed E-state index contributed by atoms with van der Waals surface area (Å²) >= 11 is 1.37. The summed E-state index contributed by atoms with van der Waals surface area (Å²) in [4.78, 5) is 45.1. The zero-order valence-corrected chi connectivity index (χ0v) is 25.9. The smallest absolute Gasteiger partial charge is 0.261 e. The molecular formula is C34H31N7O3S. The van der Waals surface area contributed by atoms with Gasteiger partial charge in [-0.1, -0.05) is 12.1 Å². The summed E-state index contributed by atoms with van der Waals surface area (Å²) in [5.74, 6) is 0.561. The first kappa shape index (κ1) is 27.8. The molecule has 1 saturated heterocycles. The Kier molecular flexibility index (Phi) is 6.78. The van der Waals surface area contributed by atoms with Gasteiger partial charge in [0, 0.05) is 47.7 Å². The first-order valence-electron chi connectivity index (χ1n) is 15.4. The number of rotatable bonds is 7. The van der Waals surface area contributed by atoms with Gasteiger partial charge in [-0.05, 0) is 80.8 Å². The predicted molar refractivity (Wildman–Crippen MR) is 168 cm³/mol. The fraction of sp³-hybridized carbons (Fsp3) is 0.324. The maximum atomic E-state index is 14.0. The van der Waals surface area contributed by atoms with Gasteiger partial charge < -0.3 is 14.6 Å². The Balaban J connectivity index is 1.23. The predicted octanol–water partition coefficient (Wildman–Crippen LogP) is 5.76. The van der Waals surface area contributed by atoms with Crippen molar-refractivity contribution in [2.45, 2.75) is 64.5 Å². The van der Waals surface area contributed by atoms with Crippen LogP contribution in [-0.2, 0) is 19.3 Å². The van der Waals surface area contributed by atoms with E-state index < -0.39 is 0 Å². The Hall–Kier alpha value is -4.77. The average molecular weight is 618 g/mol. The van der Waals surface area contributed by atoms with Gasteiger partial charge >= 0.3 is 0 Å². The van der Waals surface area contributed by atoms with E-state index in [1.807, 2.05) is 48.4 Å². The third-order valence-corrected chi connectivity index (χ3v) is 10.1. The minimum absolute atomic E-state index is 0.0336. The van der Waals surface area contributed by atoms with Gasteiger partial charge in [-0.15, -0.1) is 21.5 Å². The number of carbonyl (C=O) groups excluding carboxylic acids is 2. The van der Waals surface area contributed by atoms with Crippen molar-refractivity contribution in [2.24, 2.45) is 0 Å². The van der Waals surface area contributed by atoms with Crippen LogP contribution in [0.15, 0.2) is 53.2 Å². The topological polar surface area (TPSA) is 127 Å². The molecule has 2 atom stereocenters. The third kappa shape index (κ3) is 4.82. The normalized spacial score (nSPS) is 18.3. The quantitative estimate of drug-likeness (QED) is 0.244. The average Bonchev–Trinajstić information content (AvgIpc) is 3.88. The molecule has 8 rings (SSSR count).